The van der Waals surface area contributed by atoms with Crippen LogP contribution in [0.5, 0.6) is 5.75 Å². The molecular formula is C30H30Cl2N2O4. The lowest BCUT2D eigenvalue weighted by Crippen LogP contribution is -2.29. The van der Waals surface area contributed by atoms with Gasteiger partial charge in [0, 0.05) is 31.0 Å². The van der Waals surface area contributed by atoms with Gasteiger partial charge in [-0.2, -0.15) is 0 Å². The summed E-state index contributed by atoms with van der Waals surface area (Å²) in [6, 6.07) is 17.1. The molecule has 1 fully saturated rings. The Kier molecular flexibility index (Phi) is 7.51. The van der Waals surface area contributed by atoms with E-state index in [4.69, 9.17) is 27.9 Å². The fourth-order valence-corrected chi connectivity index (χ4v) is 5.18. The highest BCUT2D eigenvalue weighted by molar-refractivity contribution is 6.51. The van der Waals surface area contributed by atoms with Gasteiger partial charge in [0.2, 0.25) is 0 Å². The van der Waals surface area contributed by atoms with Crippen LogP contribution in [-0.2, 0) is 15.0 Å². The molecule has 6 nitrogen and oxygen atoms in total. The second kappa shape index (κ2) is 10.4. The molecule has 0 aliphatic carbocycles. The van der Waals surface area contributed by atoms with Crippen LogP contribution in [0.1, 0.15) is 43.5 Å². The summed E-state index contributed by atoms with van der Waals surface area (Å²) < 4.78 is 5.21. The number of carbonyl (C=O) groups is 2. The van der Waals surface area contributed by atoms with Crippen molar-refractivity contribution in [2.45, 2.75) is 32.2 Å². The summed E-state index contributed by atoms with van der Waals surface area (Å²) in [5.74, 6) is -1.65. The van der Waals surface area contributed by atoms with E-state index >= 15 is 0 Å². The van der Waals surface area contributed by atoms with Crippen LogP contribution in [-0.4, -0.2) is 38.0 Å². The Balaban J connectivity index is 1.93. The first-order chi connectivity index (χ1) is 17.8. The van der Waals surface area contributed by atoms with Crippen molar-refractivity contribution in [1.29, 1.82) is 0 Å². The molecule has 1 atom stereocenters. The van der Waals surface area contributed by atoms with Crippen molar-refractivity contribution >= 4 is 52.0 Å². The van der Waals surface area contributed by atoms with Crippen LogP contribution in [0.25, 0.3) is 5.76 Å². The molecule has 38 heavy (non-hydrogen) atoms. The molecule has 1 saturated heterocycles. The smallest absolute Gasteiger partial charge is 0.300 e. The second-order valence-corrected chi connectivity index (χ2v) is 11.2. The fraction of sp³-hybridized carbons (Fsp3) is 0.267. The summed E-state index contributed by atoms with van der Waals surface area (Å²) in [6.45, 7) is 6.33. The summed E-state index contributed by atoms with van der Waals surface area (Å²) in [5.41, 5.74) is 3.33. The fourth-order valence-electron chi connectivity index (χ4n) is 4.54. The highest BCUT2D eigenvalue weighted by Crippen LogP contribution is 2.44. The molecule has 1 unspecified atom stereocenters. The number of ketones is 1. The lowest BCUT2D eigenvalue weighted by atomic mass is 9.85. The van der Waals surface area contributed by atoms with Crippen molar-refractivity contribution in [2.75, 3.05) is 31.0 Å². The summed E-state index contributed by atoms with van der Waals surface area (Å²) in [4.78, 5) is 30.3. The second-order valence-electron chi connectivity index (χ2n) is 10.4. The molecule has 1 aliphatic heterocycles. The predicted molar refractivity (Wildman–Crippen MR) is 154 cm³/mol. The predicted octanol–water partition coefficient (Wildman–Crippen LogP) is 6.99. The van der Waals surface area contributed by atoms with E-state index in [0.717, 1.165) is 11.3 Å². The minimum atomic E-state index is -0.867. The van der Waals surface area contributed by atoms with Crippen molar-refractivity contribution in [3.8, 4) is 5.75 Å². The van der Waals surface area contributed by atoms with Crippen molar-refractivity contribution in [3.63, 3.8) is 0 Å². The number of rotatable bonds is 5. The molecular weight excluding hydrogens is 523 g/mol. The van der Waals surface area contributed by atoms with Gasteiger partial charge >= 0.3 is 0 Å². The number of halogens is 2. The summed E-state index contributed by atoms with van der Waals surface area (Å²) in [5, 5.41) is 11.8. The largest absolute Gasteiger partial charge is 0.507 e. The highest BCUT2D eigenvalue weighted by Gasteiger charge is 2.47. The third-order valence-corrected chi connectivity index (χ3v) is 7.22. The van der Waals surface area contributed by atoms with Crippen molar-refractivity contribution < 1.29 is 19.4 Å². The van der Waals surface area contributed by atoms with Crippen LogP contribution in [0, 0.1) is 0 Å². The molecule has 0 radical (unpaired) electrons. The molecule has 3 aromatic rings. The number of anilines is 2. The van der Waals surface area contributed by atoms with Crippen LogP contribution in [0.15, 0.2) is 66.2 Å². The van der Waals surface area contributed by atoms with Gasteiger partial charge in [0.25, 0.3) is 11.7 Å². The molecule has 1 amide bonds. The van der Waals surface area contributed by atoms with Gasteiger partial charge in [0.1, 0.15) is 5.76 Å². The summed E-state index contributed by atoms with van der Waals surface area (Å²) >= 11 is 12.6. The lowest BCUT2D eigenvalue weighted by molar-refractivity contribution is -0.132. The minimum Gasteiger partial charge on any atom is -0.507 e. The number of aliphatic hydroxyl groups is 1. The van der Waals surface area contributed by atoms with Gasteiger partial charge < -0.3 is 14.7 Å². The maximum absolute atomic E-state index is 13.5. The Labute approximate surface area is 233 Å². The van der Waals surface area contributed by atoms with E-state index in [0.29, 0.717) is 11.3 Å². The molecule has 198 valence electrons. The Hall–Kier alpha value is -3.48. The maximum atomic E-state index is 13.5. The van der Waals surface area contributed by atoms with Gasteiger partial charge in [-0.25, -0.2) is 0 Å². The van der Waals surface area contributed by atoms with Crippen LogP contribution in [0.2, 0.25) is 10.0 Å². The Morgan fingerprint density at radius 1 is 0.947 bits per heavy atom. The van der Waals surface area contributed by atoms with Gasteiger partial charge in [0.15, 0.2) is 5.75 Å². The van der Waals surface area contributed by atoms with E-state index < -0.39 is 17.7 Å². The molecule has 3 aromatic carbocycles. The number of Topliss-reactive ketones (excluding diaryl/α,β-unsaturated/α-hetero) is 1. The number of amides is 1. The number of aliphatic hydroxyl groups excluding tert-OH is 1. The molecule has 0 bridgehead atoms. The van der Waals surface area contributed by atoms with Crippen molar-refractivity contribution in [3.05, 3.63) is 93.0 Å². The first-order valence-electron chi connectivity index (χ1n) is 12.1. The zero-order chi connectivity index (χ0) is 27.9. The highest BCUT2D eigenvalue weighted by atomic mass is 35.5. The monoisotopic (exact) mass is 552 g/mol. The third kappa shape index (κ3) is 4.98. The molecule has 1 N–H and O–H groups in total. The molecule has 0 spiro atoms. The number of ether oxygens (including phenoxy) is 1. The first kappa shape index (κ1) is 27.6. The average Bonchev–Trinajstić information content (AvgIpc) is 3.13. The molecule has 8 heteroatoms. The molecule has 1 heterocycles. The standard InChI is InChI=1S/C30H30Cl2N2O4/c1-30(2,3)19-9-7-17(8-10-19)25-24(26(35)18-15-22(31)28(38-6)23(32)16-18)27(36)29(37)34(25)21-13-11-20(12-14-21)33(4)5/h7-16,25,35H,1-6H3/b26-24+. The van der Waals surface area contributed by atoms with Crippen LogP contribution >= 0.6 is 23.2 Å². The number of methoxy groups -OCH3 is 1. The van der Waals surface area contributed by atoms with Crippen LogP contribution < -0.4 is 14.5 Å². The Morgan fingerprint density at radius 2 is 1.50 bits per heavy atom. The van der Waals surface area contributed by atoms with Gasteiger partial charge in [0.05, 0.1) is 28.8 Å². The van der Waals surface area contributed by atoms with Gasteiger partial charge in [-0.1, -0.05) is 68.2 Å². The van der Waals surface area contributed by atoms with E-state index in [1.807, 2.05) is 55.4 Å². The van der Waals surface area contributed by atoms with E-state index in [-0.39, 0.29) is 38.1 Å². The Bertz CT molecular complexity index is 1400. The minimum absolute atomic E-state index is 0.0486. The normalized spacial score (nSPS) is 17.2. The molecule has 0 saturated carbocycles. The number of carbonyl (C=O) groups excluding carboxylic acids is 2. The molecule has 4 rings (SSSR count). The number of hydrogen-bond acceptors (Lipinski definition) is 5. The van der Waals surface area contributed by atoms with Crippen LogP contribution in [0.4, 0.5) is 11.4 Å². The maximum Gasteiger partial charge on any atom is 0.300 e. The van der Waals surface area contributed by atoms with E-state index in [9.17, 15) is 14.7 Å². The topological polar surface area (TPSA) is 70.1 Å². The third-order valence-electron chi connectivity index (χ3n) is 6.66. The van der Waals surface area contributed by atoms with Crippen molar-refractivity contribution in [2.24, 2.45) is 0 Å². The first-order valence-corrected chi connectivity index (χ1v) is 12.8. The zero-order valence-electron chi connectivity index (χ0n) is 22.2. The average molecular weight is 553 g/mol. The number of benzene rings is 3. The van der Waals surface area contributed by atoms with Crippen LogP contribution in [0.3, 0.4) is 0 Å². The van der Waals surface area contributed by atoms with E-state index in [1.165, 1.54) is 24.1 Å². The zero-order valence-corrected chi connectivity index (χ0v) is 23.7. The van der Waals surface area contributed by atoms with Gasteiger partial charge in [-0.05, 0) is 52.9 Å². The summed E-state index contributed by atoms with van der Waals surface area (Å²) in [6.07, 6.45) is 0. The number of hydrogen-bond donors (Lipinski definition) is 1. The SMILES string of the molecule is COc1c(Cl)cc(/C(O)=C2\C(=O)C(=O)N(c3ccc(N(C)C)cc3)C2c2ccc(C(C)(C)C)cc2)cc1Cl. The van der Waals surface area contributed by atoms with Gasteiger partial charge in [-0.3, -0.25) is 14.5 Å². The number of nitrogens with zero attached hydrogens (tertiary/aromatic N) is 2. The lowest BCUT2D eigenvalue weighted by Gasteiger charge is -2.27. The molecule has 1 aliphatic rings. The quantitative estimate of drug-likeness (QED) is 0.210. The van der Waals surface area contributed by atoms with E-state index in [2.05, 4.69) is 20.8 Å². The van der Waals surface area contributed by atoms with E-state index in [1.54, 1.807) is 12.1 Å². The molecule has 0 aromatic heterocycles. The summed E-state index contributed by atoms with van der Waals surface area (Å²) in [7, 11) is 5.27. The Morgan fingerprint density at radius 3 is 1.97 bits per heavy atom. The van der Waals surface area contributed by atoms with Gasteiger partial charge in [-0.15, -0.1) is 0 Å². The van der Waals surface area contributed by atoms with Crippen molar-refractivity contribution in [1.82, 2.24) is 0 Å².